The molecular formula is C18H21N3O4. The van der Waals surface area contributed by atoms with Crippen LogP contribution in [0.4, 0.5) is 0 Å². The number of ether oxygens (including phenoxy) is 2. The molecule has 0 saturated heterocycles. The van der Waals surface area contributed by atoms with Crippen LogP contribution in [0.15, 0.2) is 23.9 Å². The fraction of sp³-hybridized carbons (Fsp3) is 0.389. The summed E-state index contributed by atoms with van der Waals surface area (Å²) in [6.07, 6.45) is 3.59. The molecular weight excluding hydrogens is 322 g/mol. The third kappa shape index (κ3) is 4.10. The molecule has 25 heavy (non-hydrogen) atoms. The van der Waals surface area contributed by atoms with Crippen molar-refractivity contribution in [2.24, 2.45) is 0 Å². The van der Waals surface area contributed by atoms with Crippen LogP contribution in [0.1, 0.15) is 39.8 Å². The Kier molecular flexibility index (Phi) is 5.65. The van der Waals surface area contributed by atoms with Gasteiger partial charge in [-0.3, -0.25) is 4.40 Å². The third-order valence-corrected chi connectivity index (χ3v) is 3.50. The molecule has 0 aromatic carbocycles. The first-order valence-electron chi connectivity index (χ1n) is 8.06. The molecule has 0 amide bonds. The van der Waals surface area contributed by atoms with Crippen LogP contribution in [0.3, 0.4) is 0 Å². The molecule has 0 aliphatic carbocycles. The molecule has 1 atom stereocenters. The number of aromatic nitrogens is 2. The van der Waals surface area contributed by atoms with Gasteiger partial charge in [-0.1, -0.05) is 6.92 Å². The van der Waals surface area contributed by atoms with E-state index in [2.05, 4.69) is 4.98 Å². The predicted octanol–water partition coefficient (Wildman–Crippen LogP) is 3.29. The van der Waals surface area contributed by atoms with Crippen molar-refractivity contribution in [3.63, 3.8) is 0 Å². The van der Waals surface area contributed by atoms with Gasteiger partial charge in [-0.15, -0.1) is 0 Å². The molecule has 0 saturated carbocycles. The van der Waals surface area contributed by atoms with Gasteiger partial charge in [0.1, 0.15) is 17.3 Å². The molecule has 0 bridgehead atoms. The molecule has 132 valence electrons. The Morgan fingerprint density at radius 3 is 2.72 bits per heavy atom. The first-order valence-corrected chi connectivity index (χ1v) is 8.06. The van der Waals surface area contributed by atoms with Gasteiger partial charge < -0.3 is 14.6 Å². The van der Waals surface area contributed by atoms with Gasteiger partial charge in [-0.05, 0) is 45.4 Å². The van der Waals surface area contributed by atoms with Crippen LogP contribution < -0.4 is 9.47 Å². The SMILES string of the molecule is CCC(C)Oc1nc2c(OC(C)C)cccn2c1C=C(C#N)C(=O)O. The van der Waals surface area contributed by atoms with Crippen LogP contribution in [0, 0.1) is 11.3 Å². The molecule has 1 unspecified atom stereocenters. The molecule has 0 aliphatic heterocycles. The summed E-state index contributed by atoms with van der Waals surface area (Å²) in [5.74, 6) is -0.482. The summed E-state index contributed by atoms with van der Waals surface area (Å²) in [5.41, 5.74) is 0.498. The second-order valence-electron chi connectivity index (χ2n) is 5.85. The molecule has 2 aromatic rings. The van der Waals surface area contributed by atoms with E-state index < -0.39 is 11.5 Å². The van der Waals surface area contributed by atoms with Gasteiger partial charge in [0.15, 0.2) is 11.4 Å². The van der Waals surface area contributed by atoms with E-state index in [4.69, 9.17) is 19.8 Å². The quantitative estimate of drug-likeness (QED) is 0.612. The number of imidazole rings is 1. The fourth-order valence-corrected chi connectivity index (χ4v) is 2.16. The molecule has 2 aromatic heterocycles. The predicted molar refractivity (Wildman–Crippen MR) is 92.6 cm³/mol. The highest BCUT2D eigenvalue weighted by atomic mass is 16.5. The Balaban J connectivity index is 2.69. The summed E-state index contributed by atoms with van der Waals surface area (Å²) < 4.78 is 13.3. The van der Waals surface area contributed by atoms with Crippen molar-refractivity contribution in [3.05, 3.63) is 29.6 Å². The van der Waals surface area contributed by atoms with E-state index in [0.29, 0.717) is 17.1 Å². The summed E-state index contributed by atoms with van der Waals surface area (Å²) in [7, 11) is 0. The number of aliphatic carboxylic acids is 1. The standard InChI is InChI=1S/C18H21N3O4/c1-5-12(4)25-17-14(9-13(10-19)18(22)23)21-8-6-7-15(16(21)20-17)24-11(2)3/h6-9,11-12H,5H2,1-4H3,(H,22,23). The molecule has 7 nitrogen and oxygen atoms in total. The molecule has 1 N–H and O–H groups in total. The molecule has 0 radical (unpaired) electrons. The van der Waals surface area contributed by atoms with E-state index in [1.165, 1.54) is 6.08 Å². The van der Waals surface area contributed by atoms with Crippen molar-refractivity contribution < 1.29 is 19.4 Å². The summed E-state index contributed by atoms with van der Waals surface area (Å²) in [6.45, 7) is 7.68. The van der Waals surface area contributed by atoms with E-state index in [0.717, 1.165) is 6.42 Å². The van der Waals surface area contributed by atoms with Crippen molar-refractivity contribution in [1.82, 2.24) is 9.38 Å². The minimum absolute atomic E-state index is 0.0467. The minimum Gasteiger partial charge on any atom is -0.487 e. The monoisotopic (exact) mass is 343 g/mol. The van der Waals surface area contributed by atoms with Gasteiger partial charge >= 0.3 is 5.97 Å². The van der Waals surface area contributed by atoms with E-state index in [9.17, 15) is 4.79 Å². The van der Waals surface area contributed by atoms with Crippen molar-refractivity contribution in [2.45, 2.75) is 46.3 Å². The first-order chi connectivity index (χ1) is 11.9. The molecule has 0 fully saturated rings. The van der Waals surface area contributed by atoms with E-state index in [-0.39, 0.29) is 18.1 Å². The number of hydrogen-bond acceptors (Lipinski definition) is 5. The highest BCUT2D eigenvalue weighted by Crippen LogP contribution is 2.29. The summed E-state index contributed by atoms with van der Waals surface area (Å²) >= 11 is 0. The Bertz CT molecular complexity index is 846. The third-order valence-electron chi connectivity index (χ3n) is 3.50. The Hall–Kier alpha value is -3.01. The molecule has 0 spiro atoms. The highest BCUT2D eigenvalue weighted by molar-refractivity contribution is 5.96. The number of hydrogen-bond donors (Lipinski definition) is 1. The van der Waals surface area contributed by atoms with Gasteiger partial charge in [0.25, 0.3) is 0 Å². The van der Waals surface area contributed by atoms with Crippen molar-refractivity contribution in [2.75, 3.05) is 0 Å². The fourth-order valence-electron chi connectivity index (χ4n) is 2.16. The van der Waals surface area contributed by atoms with Crippen LogP contribution in [0.5, 0.6) is 11.6 Å². The Morgan fingerprint density at radius 2 is 2.16 bits per heavy atom. The number of nitrogens with zero attached hydrogens (tertiary/aromatic N) is 3. The second-order valence-corrected chi connectivity index (χ2v) is 5.85. The lowest BCUT2D eigenvalue weighted by atomic mass is 10.2. The van der Waals surface area contributed by atoms with Gasteiger partial charge in [-0.25, -0.2) is 4.79 Å². The smallest absolute Gasteiger partial charge is 0.346 e. The first kappa shape index (κ1) is 18.3. The number of rotatable bonds is 7. The lowest BCUT2D eigenvalue weighted by molar-refractivity contribution is -0.132. The molecule has 0 aliphatic rings. The Morgan fingerprint density at radius 1 is 1.44 bits per heavy atom. The zero-order valence-electron chi connectivity index (χ0n) is 14.7. The summed E-state index contributed by atoms with van der Waals surface area (Å²) in [6, 6.07) is 5.23. The second kappa shape index (κ2) is 7.71. The number of fused-ring (bicyclic) bond motifs is 1. The topological polar surface area (TPSA) is 96.9 Å². The number of nitriles is 1. The molecule has 2 heterocycles. The van der Waals surface area contributed by atoms with Gasteiger partial charge in [0.05, 0.1) is 12.2 Å². The summed E-state index contributed by atoms with van der Waals surface area (Å²) in [5, 5.41) is 18.2. The largest absolute Gasteiger partial charge is 0.487 e. The van der Waals surface area contributed by atoms with Crippen LogP contribution >= 0.6 is 0 Å². The van der Waals surface area contributed by atoms with Crippen molar-refractivity contribution >= 4 is 17.7 Å². The number of carboxylic acids is 1. The minimum atomic E-state index is -1.30. The van der Waals surface area contributed by atoms with Gasteiger partial charge in [-0.2, -0.15) is 10.2 Å². The maximum atomic E-state index is 11.2. The summed E-state index contributed by atoms with van der Waals surface area (Å²) in [4.78, 5) is 15.7. The zero-order chi connectivity index (χ0) is 18.6. The van der Waals surface area contributed by atoms with Crippen LogP contribution in [0.2, 0.25) is 0 Å². The number of carboxylic acid groups (broad SMARTS) is 1. The van der Waals surface area contributed by atoms with E-state index in [1.54, 1.807) is 28.8 Å². The number of pyridine rings is 1. The van der Waals surface area contributed by atoms with Crippen molar-refractivity contribution in [3.8, 4) is 17.7 Å². The maximum absolute atomic E-state index is 11.2. The van der Waals surface area contributed by atoms with Crippen LogP contribution in [-0.4, -0.2) is 32.7 Å². The highest BCUT2D eigenvalue weighted by Gasteiger charge is 2.19. The zero-order valence-corrected chi connectivity index (χ0v) is 14.7. The molecule has 7 heteroatoms. The maximum Gasteiger partial charge on any atom is 0.346 e. The normalized spacial score (nSPS) is 12.9. The Labute approximate surface area is 146 Å². The molecule has 2 rings (SSSR count). The van der Waals surface area contributed by atoms with Crippen LogP contribution in [-0.2, 0) is 4.79 Å². The average molecular weight is 343 g/mol. The lowest BCUT2D eigenvalue weighted by Crippen LogP contribution is -2.11. The van der Waals surface area contributed by atoms with E-state index in [1.807, 2.05) is 27.7 Å². The van der Waals surface area contributed by atoms with E-state index >= 15 is 0 Å². The van der Waals surface area contributed by atoms with Gasteiger partial charge in [0, 0.05) is 6.20 Å². The van der Waals surface area contributed by atoms with Crippen molar-refractivity contribution in [1.29, 1.82) is 5.26 Å². The average Bonchev–Trinajstić information content (AvgIpc) is 2.90. The van der Waals surface area contributed by atoms with Crippen LogP contribution in [0.25, 0.3) is 11.7 Å². The lowest BCUT2D eigenvalue weighted by Gasteiger charge is -2.10. The van der Waals surface area contributed by atoms with Gasteiger partial charge in [0.2, 0.25) is 5.88 Å². The number of carbonyl (C=O) groups is 1.